The number of esters is 3. The van der Waals surface area contributed by atoms with Crippen LogP contribution in [0.3, 0.4) is 0 Å². The van der Waals surface area contributed by atoms with Crippen molar-refractivity contribution >= 4 is 17.9 Å². The van der Waals surface area contributed by atoms with Gasteiger partial charge in [-0.25, -0.2) is 0 Å². The Morgan fingerprint density at radius 3 is 1.00 bits per heavy atom. The first-order chi connectivity index (χ1) is 30.5. The summed E-state index contributed by atoms with van der Waals surface area (Å²) in [6, 6.07) is 0. The van der Waals surface area contributed by atoms with Crippen molar-refractivity contribution in [1.82, 2.24) is 0 Å². The van der Waals surface area contributed by atoms with Crippen molar-refractivity contribution in [2.24, 2.45) is 0 Å². The van der Waals surface area contributed by atoms with Gasteiger partial charge in [-0.2, -0.15) is 0 Å². The number of hydrogen-bond donors (Lipinski definition) is 0. The minimum absolute atomic E-state index is 0.0791. The summed E-state index contributed by atoms with van der Waals surface area (Å²) in [4.78, 5) is 38.0. The number of carbonyl (C=O) groups is 3. The van der Waals surface area contributed by atoms with E-state index in [0.29, 0.717) is 19.3 Å². The maximum Gasteiger partial charge on any atom is 0.306 e. The standard InChI is InChI=1S/C56H100O6/c1-4-7-10-13-16-19-22-24-26-28-29-31-32-34-37-40-43-46-49-55(58)61-52-53(51-60-54(57)48-45-42-39-36-21-18-15-12-9-6-3)62-56(59)50-47-44-41-38-35-33-30-27-25-23-20-17-14-11-8-5-2/h8,11,17,20,25,27,29,31,53H,4-7,9-10,12-16,18-19,21-24,26,28,30,32-52H2,1-3H3/b11-8-,20-17-,27-25-,31-29-. The van der Waals surface area contributed by atoms with Crippen LogP contribution in [0.1, 0.15) is 271 Å². The lowest BCUT2D eigenvalue weighted by atomic mass is 10.1. The highest BCUT2D eigenvalue weighted by molar-refractivity contribution is 5.71. The van der Waals surface area contributed by atoms with E-state index < -0.39 is 6.10 Å². The second-order valence-corrected chi connectivity index (χ2v) is 17.8. The highest BCUT2D eigenvalue weighted by Gasteiger charge is 2.19. The van der Waals surface area contributed by atoms with E-state index in [9.17, 15) is 14.4 Å². The minimum Gasteiger partial charge on any atom is -0.462 e. The van der Waals surface area contributed by atoms with Crippen LogP contribution in [0.5, 0.6) is 0 Å². The Balaban J connectivity index is 4.34. The van der Waals surface area contributed by atoms with Crippen LogP contribution in [0.2, 0.25) is 0 Å². The number of unbranched alkanes of at least 4 members (excludes halogenated alkanes) is 29. The Hall–Kier alpha value is -2.63. The first-order valence-corrected chi connectivity index (χ1v) is 26.6. The molecular formula is C56H100O6. The molecule has 0 aliphatic rings. The van der Waals surface area contributed by atoms with Crippen molar-refractivity contribution in [3.63, 3.8) is 0 Å². The van der Waals surface area contributed by atoms with E-state index in [1.54, 1.807) is 0 Å². The Labute approximate surface area is 384 Å². The normalized spacial score (nSPS) is 12.4. The van der Waals surface area contributed by atoms with Crippen LogP contribution >= 0.6 is 0 Å². The lowest BCUT2D eigenvalue weighted by Crippen LogP contribution is -2.30. The molecule has 0 fully saturated rings. The summed E-state index contributed by atoms with van der Waals surface area (Å²) in [6.45, 7) is 6.52. The van der Waals surface area contributed by atoms with Crippen LogP contribution in [0.4, 0.5) is 0 Å². The van der Waals surface area contributed by atoms with Gasteiger partial charge in [-0.05, 0) is 77.0 Å². The zero-order valence-electron chi connectivity index (χ0n) is 41.1. The van der Waals surface area contributed by atoms with Gasteiger partial charge in [0.25, 0.3) is 0 Å². The quantitative estimate of drug-likeness (QED) is 0.0262. The molecule has 6 heteroatoms. The average Bonchev–Trinajstić information content (AvgIpc) is 3.27. The molecule has 0 aromatic heterocycles. The SMILES string of the molecule is CC/C=C\C/C=C\C/C=C\CCCCCCCCC(=O)OC(COC(=O)CCCCCCC/C=C\CCCCCCCCCCC)COC(=O)CCCCCCCCCCCC. The molecule has 1 unspecified atom stereocenters. The summed E-state index contributed by atoms with van der Waals surface area (Å²) in [5.74, 6) is -0.894. The molecular weight excluding hydrogens is 769 g/mol. The van der Waals surface area contributed by atoms with Gasteiger partial charge in [0.2, 0.25) is 0 Å². The fourth-order valence-corrected chi connectivity index (χ4v) is 7.57. The number of rotatable bonds is 48. The van der Waals surface area contributed by atoms with E-state index in [4.69, 9.17) is 14.2 Å². The Bertz CT molecular complexity index is 1090. The molecule has 0 aliphatic heterocycles. The van der Waals surface area contributed by atoms with Crippen LogP contribution in [0.15, 0.2) is 48.6 Å². The molecule has 0 rings (SSSR count). The first-order valence-electron chi connectivity index (χ1n) is 26.6. The molecule has 0 saturated carbocycles. The number of hydrogen-bond acceptors (Lipinski definition) is 6. The van der Waals surface area contributed by atoms with Gasteiger partial charge >= 0.3 is 17.9 Å². The summed E-state index contributed by atoms with van der Waals surface area (Å²) >= 11 is 0. The molecule has 0 aromatic rings. The molecule has 0 spiro atoms. The van der Waals surface area contributed by atoms with Crippen molar-refractivity contribution in [2.45, 2.75) is 277 Å². The van der Waals surface area contributed by atoms with Gasteiger partial charge in [0, 0.05) is 19.3 Å². The van der Waals surface area contributed by atoms with E-state index >= 15 is 0 Å². The third-order valence-electron chi connectivity index (χ3n) is 11.6. The number of allylic oxidation sites excluding steroid dienone is 8. The lowest BCUT2D eigenvalue weighted by molar-refractivity contribution is -0.167. The van der Waals surface area contributed by atoms with Crippen molar-refractivity contribution in [3.05, 3.63) is 48.6 Å². The maximum absolute atomic E-state index is 12.8. The zero-order chi connectivity index (χ0) is 45.1. The molecule has 6 nitrogen and oxygen atoms in total. The van der Waals surface area contributed by atoms with Gasteiger partial charge in [0.1, 0.15) is 13.2 Å². The molecule has 0 radical (unpaired) electrons. The van der Waals surface area contributed by atoms with Crippen molar-refractivity contribution < 1.29 is 28.6 Å². The van der Waals surface area contributed by atoms with E-state index in [1.807, 2.05) is 0 Å². The van der Waals surface area contributed by atoms with Crippen LogP contribution in [0, 0.1) is 0 Å². The van der Waals surface area contributed by atoms with Gasteiger partial charge in [-0.15, -0.1) is 0 Å². The highest BCUT2D eigenvalue weighted by atomic mass is 16.6. The fraction of sp³-hybridized carbons (Fsp3) is 0.804. The number of carbonyl (C=O) groups excluding carboxylic acids is 3. The maximum atomic E-state index is 12.8. The summed E-state index contributed by atoms with van der Waals surface area (Å²) in [7, 11) is 0. The van der Waals surface area contributed by atoms with E-state index in [2.05, 4.69) is 69.4 Å². The fourth-order valence-electron chi connectivity index (χ4n) is 7.57. The van der Waals surface area contributed by atoms with Crippen LogP contribution in [0.25, 0.3) is 0 Å². The minimum atomic E-state index is -0.780. The zero-order valence-corrected chi connectivity index (χ0v) is 41.1. The van der Waals surface area contributed by atoms with E-state index in [0.717, 1.165) is 96.3 Å². The molecule has 0 saturated heterocycles. The van der Waals surface area contributed by atoms with Crippen LogP contribution in [-0.4, -0.2) is 37.2 Å². The molecule has 0 bridgehead atoms. The second kappa shape index (κ2) is 51.0. The average molecular weight is 869 g/mol. The predicted molar refractivity (Wildman–Crippen MR) is 265 cm³/mol. The molecule has 0 N–H and O–H groups in total. The molecule has 0 aliphatic carbocycles. The van der Waals surface area contributed by atoms with Gasteiger partial charge in [-0.1, -0.05) is 223 Å². The van der Waals surface area contributed by atoms with Gasteiger partial charge in [0.05, 0.1) is 0 Å². The lowest BCUT2D eigenvalue weighted by Gasteiger charge is -2.18. The molecule has 1 atom stereocenters. The van der Waals surface area contributed by atoms with Crippen molar-refractivity contribution in [2.75, 3.05) is 13.2 Å². The molecule has 0 amide bonds. The Morgan fingerprint density at radius 2 is 0.629 bits per heavy atom. The van der Waals surface area contributed by atoms with Crippen molar-refractivity contribution in [3.8, 4) is 0 Å². The van der Waals surface area contributed by atoms with Crippen LogP contribution in [-0.2, 0) is 28.6 Å². The molecule has 0 aromatic carbocycles. The monoisotopic (exact) mass is 869 g/mol. The Morgan fingerprint density at radius 1 is 0.339 bits per heavy atom. The van der Waals surface area contributed by atoms with Gasteiger partial charge < -0.3 is 14.2 Å². The van der Waals surface area contributed by atoms with E-state index in [-0.39, 0.29) is 31.1 Å². The van der Waals surface area contributed by atoms with Gasteiger partial charge in [0.15, 0.2) is 6.10 Å². The highest BCUT2D eigenvalue weighted by Crippen LogP contribution is 2.15. The summed E-state index contributed by atoms with van der Waals surface area (Å²) in [5.41, 5.74) is 0. The summed E-state index contributed by atoms with van der Waals surface area (Å²) < 4.78 is 16.8. The number of ether oxygens (including phenoxy) is 3. The Kier molecular flexibility index (Phi) is 48.8. The smallest absolute Gasteiger partial charge is 0.306 e. The third-order valence-corrected chi connectivity index (χ3v) is 11.6. The molecule has 360 valence electrons. The van der Waals surface area contributed by atoms with Crippen LogP contribution < -0.4 is 0 Å². The molecule has 0 heterocycles. The topological polar surface area (TPSA) is 78.9 Å². The predicted octanol–water partition coefficient (Wildman–Crippen LogP) is 17.5. The van der Waals surface area contributed by atoms with Gasteiger partial charge in [-0.3, -0.25) is 14.4 Å². The first kappa shape index (κ1) is 59.4. The summed E-state index contributed by atoms with van der Waals surface area (Å²) in [6.07, 6.45) is 61.0. The van der Waals surface area contributed by atoms with E-state index in [1.165, 1.54) is 135 Å². The van der Waals surface area contributed by atoms with Crippen molar-refractivity contribution in [1.29, 1.82) is 0 Å². The summed E-state index contributed by atoms with van der Waals surface area (Å²) in [5, 5.41) is 0. The third kappa shape index (κ3) is 48.4. The largest absolute Gasteiger partial charge is 0.462 e. The second-order valence-electron chi connectivity index (χ2n) is 17.8. The molecule has 62 heavy (non-hydrogen) atoms.